The molecule has 0 amide bonds. The Bertz CT molecular complexity index is 524. The van der Waals surface area contributed by atoms with Gasteiger partial charge in [0.25, 0.3) is 0 Å². The third-order valence-electron chi connectivity index (χ3n) is 2.36. The Morgan fingerprint density at radius 3 is 2.89 bits per heavy atom. The molecular formula is C11H14N6S. The van der Waals surface area contributed by atoms with Crippen molar-refractivity contribution in [1.82, 2.24) is 19.5 Å². The Morgan fingerprint density at radius 1 is 1.44 bits per heavy atom. The molecule has 0 radical (unpaired) electrons. The molecule has 2 rings (SSSR count). The monoisotopic (exact) mass is 262 g/mol. The minimum Gasteiger partial charge on any atom is -0.388 e. The first kappa shape index (κ1) is 12.4. The molecule has 0 aliphatic carbocycles. The van der Waals surface area contributed by atoms with Crippen LogP contribution in [0.4, 0.5) is 5.82 Å². The van der Waals surface area contributed by atoms with Gasteiger partial charge in [-0.05, 0) is 6.92 Å². The van der Waals surface area contributed by atoms with Crippen molar-refractivity contribution in [1.29, 1.82) is 0 Å². The lowest BCUT2D eigenvalue weighted by Crippen LogP contribution is -2.25. The van der Waals surface area contributed by atoms with E-state index in [9.17, 15) is 0 Å². The summed E-state index contributed by atoms with van der Waals surface area (Å²) in [5, 5.41) is 3.24. The minimum absolute atomic E-state index is 0.156. The van der Waals surface area contributed by atoms with Crippen LogP contribution in [-0.2, 0) is 6.54 Å². The quantitative estimate of drug-likeness (QED) is 0.776. The molecule has 0 saturated heterocycles. The molecule has 7 heteroatoms. The molecule has 0 aromatic carbocycles. The number of imidazole rings is 1. The van der Waals surface area contributed by atoms with E-state index >= 15 is 0 Å². The molecular weight excluding hydrogens is 248 g/mol. The molecule has 0 saturated carbocycles. The number of nitrogens with zero attached hydrogens (tertiary/aromatic N) is 4. The smallest absolute Gasteiger partial charge is 0.155 e. The third-order valence-corrected chi connectivity index (χ3v) is 2.55. The van der Waals surface area contributed by atoms with E-state index in [0.29, 0.717) is 11.5 Å². The fraction of sp³-hybridized carbons (Fsp3) is 0.273. The summed E-state index contributed by atoms with van der Waals surface area (Å²) in [5.74, 6) is 0.609. The van der Waals surface area contributed by atoms with E-state index in [4.69, 9.17) is 18.0 Å². The third kappa shape index (κ3) is 3.01. The number of anilines is 1. The van der Waals surface area contributed by atoms with E-state index in [0.717, 1.165) is 6.54 Å². The van der Waals surface area contributed by atoms with Crippen LogP contribution in [0.2, 0.25) is 0 Å². The molecule has 2 aromatic rings. The van der Waals surface area contributed by atoms with E-state index in [1.165, 1.54) is 0 Å². The van der Waals surface area contributed by atoms with Crippen LogP contribution in [0.5, 0.6) is 0 Å². The predicted octanol–water partition coefficient (Wildman–Crippen LogP) is 0.808. The van der Waals surface area contributed by atoms with Gasteiger partial charge >= 0.3 is 0 Å². The number of nitrogens with one attached hydrogen (secondary N) is 1. The molecule has 2 heterocycles. The molecule has 0 aliphatic rings. The van der Waals surface area contributed by atoms with Crippen LogP contribution in [0.15, 0.2) is 31.1 Å². The van der Waals surface area contributed by atoms with Crippen molar-refractivity contribution < 1.29 is 0 Å². The second-order valence-corrected chi connectivity index (χ2v) is 4.36. The first-order valence-corrected chi connectivity index (χ1v) is 5.90. The van der Waals surface area contributed by atoms with Gasteiger partial charge in [-0.2, -0.15) is 0 Å². The van der Waals surface area contributed by atoms with Crippen LogP contribution >= 0.6 is 12.2 Å². The maximum atomic E-state index is 5.60. The summed E-state index contributed by atoms with van der Waals surface area (Å²) in [6.07, 6.45) is 8.59. The lowest BCUT2D eigenvalue weighted by molar-refractivity contribution is 0.616. The number of rotatable bonds is 5. The van der Waals surface area contributed by atoms with Crippen molar-refractivity contribution in [3.05, 3.63) is 36.8 Å². The van der Waals surface area contributed by atoms with Crippen molar-refractivity contribution in [3.8, 4) is 0 Å². The van der Waals surface area contributed by atoms with Crippen LogP contribution < -0.4 is 11.1 Å². The van der Waals surface area contributed by atoms with Gasteiger partial charge in [-0.1, -0.05) is 12.2 Å². The van der Waals surface area contributed by atoms with Crippen molar-refractivity contribution in [2.45, 2.75) is 19.5 Å². The zero-order valence-corrected chi connectivity index (χ0v) is 10.8. The average molecular weight is 262 g/mol. The highest BCUT2D eigenvalue weighted by Crippen LogP contribution is 2.10. The van der Waals surface area contributed by atoms with Gasteiger partial charge in [-0.3, -0.25) is 0 Å². The lowest BCUT2D eigenvalue weighted by Gasteiger charge is -2.16. The van der Waals surface area contributed by atoms with Gasteiger partial charge in [-0.15, -0.1) is 0 Å². The summed E-state index contributed by atoms with van der Waals surface area (Å²) in [4.78, 5) is 12.6. The van der Waals surface area contributed by atoms with Gasteiger partial charge in [-0.25, -0.2) is 15.0 Å². The fourth-order valence-corrected chi connectivity index (χ4v) is 1.76. The van der Waals surface area contributed by atoms with E-state index in [1.54, 1.807) is 24.9 Å². The summed E-state index contributed by atoms with van der Waals surface area (Å²) < 4.78 is 1.98. The lowest BCUT2D eigenvalue weighted by atomic mass is 10.3. The standard InChI is InChI=1S/C11H14N6S/c1-8(6-17-5-4-13-7-17)16-11-9(10(12)18)14-2-3-15-11/h2-5,7-8H,6H2,1H3,(H2,12,18)(H,15,16). The number of aromatic nitrogens is 4. The van der Waals surface area contributed by atoms with Gasteiger partial charge in [0.15, 0.2) is 5.82 Å². The first-order chi connectivity index (χ1) is 8.66. The molecule has 3 N–H and O–H groups in total. The summed E-state index contributed by atoms with van der Waals surface area (Å²) >= 11 is 4.94. The van der Waals surface area contributed by atoms with Crippen molar-refractivity contribution in [2.75, 3.05) is 5.32 Å². The minimum atomic E-state index is 0.156. The van der Waals surface area contributed by atoms with Crippen molar-refractivity contribution in [2.24, 2.45) is 5.73 Å². The normalized spacial score (nSPS) is 12.1. The number of nitrogens with two attached hydrogens (primary N) is 1. The number of hydrogen-bond donors (Lipinski definition) is 2. The molecule has 0 bridgehead atoms. The van der Waals surface area contributed by atoms with E-state index in [-0.39, 0.29) is 11.0 Å². The van der Waals surface area contributed by atoms with Crippen molar-refractivity contribution >= 4 is 23.0 Å². The Hall–Kier alpha value is -2.02. The Kier molecular flexibility index (Phi) is 3.83. The molecule has 1 unspecified atom stereocenters. The van der Waals surface area contributed by atoms with Crippen LogP contribution in [-0.4, -0.2) is 30.5 Å². The van der Waals surface area contributed by atoms with Gasteiger partial charge in [0.2, 0.25) is 0 Å². The number of hydrogen-bond acceptors (Lipinski definition) is 5. The highest BCUT2D eigenvalue weighted by Gasteiger charge is 2.10. The Balaban J connectivity index is 2.07. The summed E-state index contributed by atoms with van der Waals surface area (Å²) in [7, 11) is 0. The largest absolute Gasteiger partial charge is 0.388 e. The van der Waals surface area contributed by atoms with Gasteiger partial charge in [0, 0.05) is 37.4 Å². The predicted molar refractivity (Wildman–Crippen MR) is 73.2 cm³/mol. The fourth-order valence-electron chi connectivity index (χ4n) is 1.61. The maximum absolute atomic E-state index is 5.60. The molecule has 18 heavy (non-hydrogen) atoms. The molecule has 0 spiro atoms. The number of thiocarbonyl (C=S) groups is 1. The van der Waals surface area contributed by atoms with Gasteiger partial charge in [0.05, 0.1) is 6.33 Å². The van der Waals surface area contributed by atoms with Crippen LogP contribution in [0.1, 0.15) is 12.6 Å². The second-order valence-electron chi connectivity index (χ2n) is 3.92. The summed E-state index contributed by atoms with van der Waals surface area (Å²) in [6, 6.07) is 0.156. The molecule has 0 aliphatic heterocycles. The van der Waals surface area contributed by atoms with Gasteiger partial charge in [0.1, 0.15) is 10.7 Å². The molecule has 94 valence electrons. The topological polar surface area (TPSA) is 81.7 Å². The van der Waals surface area contributed by atoms with E-state index in [1.807, 2.05) is 17.7 Å². The summed E-state index contributed by atoms with van der Waals surface area (Å²) in [6.45, 7) is 2.81. The zero-order valence-electron chi connectivity index (χ0n) is 9.95. The zero-order chi connectivity index (χ0) is 13.0. The Morgan fingerprint density at radius 2 is 2.22 bits per heavy atom. The second kappa shape index (κ2) is 5.54. The molecule has 6 nitrogen and oxygen atoms in total. The molecule has 1 atom stereocenters. The summed E-state index contributed by atoms with van der Waals surface area (Å²) in [5.41, 5.74) is 6.12. The van der Waals surface area contributed by atoms with Crippen LogP contribution in [0.3, 0.4) is 0 Å². The molecule has 2 aromatic heterocycles. The SMILES string of the molecule is CC(Cn1ccnc1)Nc1nccnc1C(N)=S. The van der Waals surface area contributed by atoms with E-state index in [2.05, 4.69) is 20.3 Å². The van der Waals surface area contributed by atoms with Crippen LogP contribution in [0, 0.1) is 0 Å². The van der Waals surface area contributed by atoms with Gasteiger partial charge < -0.3 is 15.6 Å². The first-order valence-electron chi connectivity index (χ1n) is 5.50. The highest BCUT2D eigenvalue weighted by atomic mass is 32.1. The average Bonchev–Trinajstić information content (AvgIpc) is 2.82. The van der Waals surface area contributed by atoms with Crippen molar-refractivity contribution in [3.63, 3.8) is 0 Å². The van der Waals surface area contributed by atoms with Crippen LogP contribution in [0.25, 0.3) is 0 Å². The molecule has 0 fully saturated rings. The van der Waals surface area contributed by atoms with E-state index < -0.39 is 0 Å². The Labute approximate surface area is 110 Å². The maximum Gasteiger partial charge on any atom is 0.155 e. The highest BCUT2D eigenvalue weighted by molar-refractivity contribution is 7.80.